The molecule has 27 heavy (non-hydrogen) atoms. The van der Waals surface area contributed by atoms with Crippen molar-refractivity contribution in [1.82, 2.24) is 9.97 Å². The van der Waals surface area contributed by atoms with Gasteiger partial charge in [0.2, 0.25) is 0 Å². The van der Waals surface area contributed by atoms with E-state index in [1.54, 1.807) is 7.11 Å². The highest BCUT2D eigenvalue weighted by Gasteiger charge is 2.28. The number of anilines is 1. The van der Waals surface area contributed by atoms with Gasteiger partial charge in [-0.1, -0.05) is 0 Å². The maximum absolute atomic E-state index is 13.5. The van der Waals surface area contributed by atoms with Crippen LogP contribution in [0.4, 0.5) is 18.9 Å². The van der Waals surface area contributed by atoms with Gasteiger partial charge in [0, 0.05) is 43.9 Å². The van der Waals surface area contributed by atoms with Gasteiger partial charge in [0.15, 0.2) is 0 Å². The zero-order chi connectivity index (χ0) is 19.9. The van der Waals surface area contributed by atoms with Crippen LogP contribution in [0.2, 0.25) is 0 Å². The van der Waals surface area contributed by atoms with E-state index in [-0.39, 0.29) is 24.0 Å². The topological polar surface area (TPSA) is 92.5 Å². The Bertz CT molecular complexity index is 807. The number of hydrogen-bond acceptors (Lipinski definition) is 7. The highest BCUT2D eigenvalue weighted by atomic mass is 19.3. The summed E-state index contributed by atoms with van der Waals surface area (Å²) >= 11 is 0. The smallest absolute Gasteiger partial charge is 0.316 e. The summed E-state index contributed by atoms with van der Waals surface area (Å²) in [6.45, 7) is 0.854. The van der Waals surface area contributed by atoms with Gasteiger partial charge in [-0.15, -0.1) is 0 Å². The molecule has 1 aromatic carbocycles. The van der Waals surface area contributed by atoms with E-state index in [1.165, 1.54) is 24.7 Å². The minimum atomic E-state index is -3.32. The van der Waals surface area contributed by atoms with Gasteiger partial charge in [-0.3, -0.25) is 0 Å². The lowest BCUT2D eigenvalue weighted by atomic mass is 10.1. The van der Waals surface area contributed by atoms with Gasteiger partial charge in [0.05, 0.1) is 12.2 Å². The molecule has 0 saturated carbocycles. The van der Waals surface area contributed by atoms with Gasteiger partial charge in [0.1, 0.15) is 18.1 Å². The van der Waals surface area contributed by atoms with Crippen LogP contribution in [0.5, 0.6) is 6.01 Å². The minimum Gasteiger partial charge on any atom is -0.457 e. The summed E-state index contributed by atoms with van der Waals surface area (Å²) in [7, 11) is 1.55. The molecule has 0 aliphatic rings. The van der Waals surface area contributed by atoms with Crippen LogP contribution in [0.25, 0.3) is 0 Å². The van der Waals surface area contributed by atoms with Crippen molar-refractivity contribution < 1.29 is 22.6 Å². The first-order valence-corrected chi connectivity index (χ1v) is 7.77. The average molecular weight is 381 g/mol. The standard InChI is InChI=1S/C17H18F3N5O2/c1-17(19,20)14-5-12(3-4-15(14)18)22-8-13(25-21)10-27-16-23-6-11(7-24-16)9-26-2/h3-8,21-22H,9-10H2,1-2H3/b13-8-,25-21?. The monoisotopic (exact) mass is 381 g/mol. The molecule has 1 heterocycles. The van der Waals surface area contributed by atoms with Crippen LogP contribution in [-0.2, 0) is 17.3 Å². The van der Waals surface area contributed by atoms with Gasteiger partial charge in [-0.2, -0.15) is 5.11 Å². The molecule has 0 bridgehead atoms. The number of nitrogens with one attached hydrogen (secondary N) is 2. The van der Waals surface area contributed by atoms with Crippen LogP contribution in [-0.4, -0.2) is 23.7 Å². The fourth-order valence-corrected chi connectivity index (χ4v) is 2.02. The molecule has 0 spiro atoms. The van der Waals surface area contributed by atoms with Crippen LogP contribution >= 0.6 is 0 Å². The Balaban J connectivity index is 2.01. The number of halogens is 3. The molecular formula is C17H18F3N5O2. The Morgan fingerprint density at radius 1 is 1.33 bits per heavy atom. The third kappa shape index (κ3) is 6.03. The van der Waals surface area contributed by atoms with Crippen LogP contribution < -0.4 is 10.1 Å². The van der Waals surface area contributed by atoms with E-state index in [1.807, 2.05) is 0 Å². The quantitative estimate of drug-likeness (QED) is 0.634. The molecule has 0 fully saturated rings. The van der Waals surface area contributed by atoms with Crippen molar-refractivity contribution in [2.45, 2.75) is 19.5 Å². The van der Waals surface area contributed by atoms with Gasteiger partial charge >= 0.3 is 6.01 Å². The lowest BCUT2D eigenvalue weighted by Crippen LogP contribution is -2.10. The predicted octanol–water partition coefficient (Wildman–Crippen LogP) is 4.24. The minimum absolute atomic E-state index is 0.0825. The summed E-state index contributed by atoms with van der Waals surface area (Å²) in [5, 5.41) is 5.96. The van der Waals surface area contributed by atoms with Crippen molar-refractivity contribution in [2.24, 2.45) is 5.11 Å². The summed E-state index contributed by atoms with van der Waals surface area (Å²) in [4.78, 5) is 7.96. The maximum Gasteiger partial charge on any atom is 0.316 e. The van der Waals surface area contributed by atoms with E-state index < -0.39 is 17.3 Å². The molecule has 2 rings (SSSR count). The van der Waals surface area contributed by atoms with E-state index >= 15 is 0 Å². The number of benzene rings is 1. The fourth-order valence-electron chi connectivity index (χ4n) is 2.02. The van der Waals surface area contributed by atoms with Crippen molar-refractivity contribution in [3.8, 4) is 6.01 Å². The first-order valence-electron chi connectivity index (χ1n) is 7.77. The molecule has 0 radical (unpaired) electrons. The summed E-state index contributed by atoms with van der Waals surface area (Å²) in [5.41, 5.74) is 7.56. The van der Waals surface area contributed by atoms with Crippen molar-refractivity contribution >= 4 is 5.69 Å². The second-order valence-corrected chi connectivity index (χ2v) is 5.57. The Hall–Kier alpha value is -3.01. The number of methoxy groups -OCH3 is 1. The van der Waals surface area contributed by atoms with E-state index in [0.717, 1.165) is 17.7 Å². The summed E-state index contributed by atoms with van der Waals surface area (Å²) < 4.78 is 50.5. The van der Waals surface area contributed by atoms with Crippen molar-refractivity contribution in [3.63, 3.8) is 0 Å². The summed E-state index contributed by atoms with van der Waals surface area (Å²) in [5.74, 6) is -4.32. The maximum atomic E-state index is 13.5. The number of nitrogens with zero attached hydrogens (tertiary/aromatic N) is 3. The number of alkyl halides is 2. The van der Waals surface area contributed by atoms with E-state index in [0.29, 0.717) is 13.5 Å². The Morgan fingerprint density at radius 2 is 2.04 bits per heavy atom. The Kier molecular flexibility index (Phi) is 6.83. The molecule has 0 unspecified atom stereocenters. The molecule has 0 amide bonds. The van der Waals surface area contributed by atoms with Crippen LogP contribution in [0.3, 0.4) is 0 Å². The summed E-state index contributed by atoms with van der Waals surface area (Å²) in [6, 6.07) is 3.30. The molecule has 0 aliphatic carbocycles. The lowest BCUT2D eigenvalue weighted by molar-refractivity contribution is 0.0138. The zero-order valence-corrected chi connectivity index (χ0v) is 14.7. The first kappa shape index (κ1) is 20.3. The van der Waals surface area contributed by atoms with E-state index in [9.17, 15) is 13.2 Å². The van der Waals surface area contributed by atoms with Gasteiger partial charge < -0.3 is 14.8 Å². The molecule has 2 N–H and O–H groups in total. The van der Waals surface area contributed by atoms with Gasteiger partial charge in [0.25, 0.3) is 5.92 Å². The predicted molar refractivity (Wildman–Crippen MR) is 91.1 cm³/mol. The normalized spacial score (nSPS) is 12.0. The molecule has 10 heteroatoms. The molecule has 7 nitrogen and oxygen atoms in total. The van der Waals surface area contributed by atoms with Crippen LogP contribution in [0.1, 0.15) is 18.1 Å². The fraction of sp³-hybridized carbons (Fsp3) is 0.294. The van der Waals surface area contributed by atoms with Crippen LogP contribution in [0.15, 0.2) is 47.6 Å². The largest absolute Gasteiger partial charge is 0.457 e. The zero-order valence-electron chi connectivity index (χ0n) is 14.7. The van der Waals surface area contributed by atoms with Gasteiger partial charge in [-0.05, 0) is 18.2 Å². The highest BCUT2D eigenvalue weighted by Crippen LogP contribution is 2.31. The SMILES string of the molecule is COCc1cnc(OC/C(=C/Nc2ccc(F)c(C(C)(F)F)c2)N=N)nc1. The summed E-state index contributed by atoms with van der Waals surface area (Å²) in [6.07, 6.45) is 4.36. The van der Waals surface area contributed by atoms with Gasteiger partial charge in [-0.25, -0.2) is 28.7 Å². The van der Waals surface area contributed by atoms with Crippen molar-refractivity contribution in [1.29, 1.82) is 5.53 Å². The van der Waals surface area contributed by atoms with Crippen LogP contribution in [0, 0.1) is 11.3 Å². The second-order valence-electron chi connectivity index (χ2n) is 5.57. The van der Waals surface area contributed by atoms with E-state index in [4.69, 9.17) is 15.0 Å². The number of rotatable bonds is 9. The third-order valence-electron chi connectivity index (χ3n) is 3.33. The van der Waals surface area contributed by atoms with Crippen molar-refractivity contribution in [2.75, 3.05) is 19.0 Å². The number of ether oxygens (including phenoxy) is 2. The molecule has 0 aliphatic heterocycles. The average Bonchev–Trinajstić information content (AvgIpc) is 2.63. The first-order chi connectivity index (χ1) is 12.8. The third-order valence-corrected chi connectivity index (χ3v) is 3.33. The lowest BCUT2D eigenvalue weighted by Gasteiger charge is -2.13. The molecule has 144 valence electrons. The number of hydrogen-bond donors (Lipinski definition) is 2. The number of aromatic nitrogens is 2. The van der Waals surface area contributed by atoms with E-state index in [2.05, 4.69) is 20.4 Å². The molecule has 0 atom stereocenters. The van der Waals surface area contributed by atoms with Crippen molar-refractivity contribution in [3.05, 3.63) is 59.4 Å². The second kappa shape index (κ2) is 9.08. The molecular weight excluding hydrogens is 363 g/mol. The molecule has 2 aromatic rings. The Labute approximate surface area is 153 Å². The molecule has 1 aromatic heterocycles. The Morgan fingerprint density at radius 3 is 2.63 bits per heavy atom. The highest BCUT2D eigenvalue weighted by molar-refractivity contribution is 5.49. The molecule has 0 saturated heterocycles.